The van der Waals surface area contributed by atoms with Gasteiger partial charge in [0.1, 0.15) is 17.5 Å². The van der Waals surface area contributed by atoms with Gasteiger partial charge in [-0.15, -0.1) is 0 Å². The van der Waals surface area contributed by atoms with E-state index in [0.717, 1.165) is 18.8 Å². The Hall–Kier alpha value is -4.13. The van der Waals surface area contributed by atoms with Gasteiger partial charge in [0, 0.05) is 38.1 Å². The number of rotatable bonds is 3. The molecule has 10 nitrogen and oxygen atoms in total. The smallest absolute Gasteiger partial charge is 0.252 e. The first kappa shape index (κ1) is 21.6. The Bertz CT molecular complexity index is 1070. The summed E-state index contributed by atoms with van der Waals surface area (Å²) in [4.78, 5) is 21.3. The summed E-state index contributed by atoms with van der Waals surface area (Å²) < 4.78 is 1.32. The number of nitrogens with one attached hydrogen (secondary N) is 1. The summed E-state index contributed by atoms with van der Waals surface area (Å²) in [5, 5.41) is 15.3. The lowest BCUT2D eigenvalue weighted by molar-refractivity contribution is -0.114. The highest BCUT2D eigenvalue weighted by Crippen LogP contribution is 2.27. The number of piperidine rings is 1. The molecule has 160 valence electrons. The Labute approximate surface area is 180 Å². The van der Waals surface area contributed by atoms with Gasteiger partial charge in [-0.05, 0) is 43.5 Å². The Balaban J connectivity index is 0.000000179. The van der Waals surface area contributed by atoms with E-state index in [9.17, 15) is 4.79 Å². The Kier molecular flexibility index (Phi) is 7.01. The van der Waals surface area contributed by atoms with Gasteiger partial charge in [-0.2, -0.15) is 15.0 Å². The zero-order valence-electron chi connectivity index (χ0n) is 17.3. The van der Waals surface area contributed by atoms with Crippen LogP contribution in [0.25, 0.3) is 5.95 Å². The average molecular weight is 419 g/mol. The summed E-state index contributed by atoms with van der Waals surface area (Å²) >= 11 is 0. The van der Waals surface area contributed by atoms with E-state index >= 15 is 0 Å². The third-order valence-corrected chi connectivity index (χ3v) is 4.74. The van der Waals surface area contributed by atoms with Crippen molar-refractivity contribution in [1.29, 1.82) is 5.26 Å². The van der Waals surface area contributed by atoms with Crippen molar-refractivity contribution in [1.82, 2.24) is 19.7 Å². The predicted octanol–water partition coefficient (Wildman–Crippen LogP) is 2.33. The van der Waals surface area contributed by atoms with Gasteiger partial charge in [0.05, 0.1) is 17.6 Å². The van der Waals surface area contributed by atoms with Crippen LogP contribution >= 0.6 is 0 Å². The third-order valence-electron chi connectivity index (χ3n) is 4.74. The average Bonchev–Trinajstić information content (AvgIpc) is 3.17. The maximum Gasteiger partial charge on any atom is 0.252 e. The molecule has 0 radical (unpaired) electrons. The van der Waals surface area contributed by atoms with Crippen LogP contribution in [0, 0.1) is 11.3 Å². The van der Waals surface area contributed by atoms with Crippen LogP contribution in [-0.2, 0) is 4.79 Å². The molecule has 0 bridgehead atoms. The van der Waals surface area contributed by atoms with Crippen LogP contribution in [0.5, 0.6) is 0 Å². The van der Waals surface area contributed by atoms with E-state index in [1.165, 1.54) is 37.1 Å². The summed E-state index contributed by atoms with van der Waals surface area (Å²) in [6.45, 7) is 3.67. The van der Waals surface area contributed by atoms with Gasteiger partial charge in [0.15, 0.2) is 0 Å². The standard InChI is InChI=1S/C13H19N3O.C8H6N6/c1-10(17)15-13-9-11(5-6-12(13)14)16-7-3-2-4-8-16;9-4-6-5-13-14(7(6)10)8-11-2-1-3-12-8/h5-6,9H,2-4,7-8,14H2,1H3,(H,15,17);1-3,5H,10H2. The van der Waals surface area contributed by atoms with Gasteiger partial charge in [-0.25, -0.2) is 9.97 Å². The van der Waals surface area contributed by atoms with Crippen LogP contribution in [0.3, 0.4) is 0 Å². The molecule has 0 aliphatic carbocycles. The molecule has 1 amide bonds. The van der Waals surface area contributed by atoms with Gasteiger partial charge in [-0.1, -0.05) is 0 Å². The molecule has 1 fully saturated rings. The Morgan fingerprint density at radius 1 is 1.16 bits per heavy atom. The van der Waals surface area contributed by atoms with Crippen molar-refractivity contribution in [2.24, 2.45) is 0 Å². The quantitative estimate of drug-likeness (QED) is 0.547. The number of nitrogens with zero attached hydrogens (tertiary/aromatic N) is 6. The number of nitriles is 1. The Morgan fingerprint density at radius 2 is 1.87 bits per heavy atom. The molecule has 5 N–H and O–H groups in total. The van der Waals surface area contributed by atoms with Crippen molar-refractivity contribution in [3.8, 4) is 12.0 Å². The minimum absolute atomic E-state index is 0.0903. The topological polar surface area (TPSA) is 152 Å². The molecular weight excluding hydrogens is 394 g/mol. The van der Waals surface area contributed by atoms with Gasteiger partial charge in [0.2, 0.25) is 5.91 Å². The molecule has 4 rings (SSSR count). The van der Waals surface area contributed by atoms with Crippen molar-refractivity contribution in [2.75, 3.05) is 34.8 Å². The van der Waals surface area contributed by atoms with Crippen LogP contribution in [0.15, 0.2) is 42.9 Å². The number of nitrogen functional groups attached to an aromatic ring is 2. The fourth-order valence-electron chi connectivity index (χ4n) is 3.19. The molecule has 1 saturated heterocycles. The molecule has 2 aromatic heterocycles. The molecule has 3 aromatic rings. The molecule has 10 heteroatoms. The fraction of sp³-hybridized carbons (Fsp3) is 0.286. The summed E-state index contributed by atoms with van der Waals surface area (Å²) in [7, 11) is 0. The second-order valence-corrected chi connectivity index (χ2v) is 7.02. The van der Waals surface area contributed by atoms with Crippen molar-refractivity contribution in [2.45, 2.75) is 26.2 Å². The van der Waals surface area contributed by atoms with Crippen LogP contribution in [0.2, 0.25) is 0 Å². The maximum absolute atomic E-state index is 11.1. The molecule has 31 heavy (non-hydrogen) atoms. The number of carbonyl (C=O) groups is 1. The van der Waals surface area contributed by atoms with Crippen LogP contribution in [-0.4, -0.2) is 38.7 Å². The number of carbonyl (C=O) groups excluding carboxylic acids is 1. The third kappa shape index (κ3) is 5.48. The van der Waals surface area contributed by atoms with Crippen molar-refractivity contribution < 1.29 is 4.79 Å². The molecule has 0 spiro atoms. The summed E-state index contributed by atoms with van der Waals surface area (Å²) in [6.07, 6.45) is 8.32. The Morgan fingerprint density at radius 3 is 2.48 bits per heavy atom. The molecule has 1 aliphatic rings. The molecule has 1 aliphatic heterocycles. The number of aromatic nitrogens is 4. The molecule has 0 saturated carbocycles. The number of anilines is 4. The highest BCUT2D eigenvalue weighted by atomic mass is 16.1. The van der Waals surface area contributed by atoms with Gasteiger partial charge >= 0.3 is 0 Å². The van der Waals surface area contributed by atoms with E-state index < -0.39 is 0 Å². The number of hydrogen-bond donors (Lipinski definition) is 3. The van der Waals surface area contributed by atoms with Crippen LogP contribution in [0.1, 0.15) is 31.7 Å². The molecule has 0 unspecified atom stereocenters. The van der Waals surface area contributed by atoms with E-state index in [1.54, 1.807) is 18.5 Å². The highest BCUT2D eigenvalue weighted by Gasteiger charge is 2.12. The lowest BCUT2D eigenvalue weighted by Gasteiger charge is -2.29. The summed E-state index contributed by atoms with van der Waals surface area (Å²) in [6, 6.07) is 9.45. The number of amides is 1. The fourth-order valence-corrected chi connectivity index (χ4v) is 3.19. The van der Waals surface area contributed by atoms with E-state index in [2.05, 4.69) is 25.3 Å². The molecule has 3 heterocycles. The monoisotopic (exact) mass is 419 g/mol. The minimum atomic E-state index is -0.0903. The SMILES string of the molecule is CC(=O)Nc1cc(N2CCCCC2)ccc1N.N#Cc1cnn(-c2ncccn2)c1N. The zero-order valence-corrected chi connectivity index (χ0v) is 17.3. The van der Waals surface area contributed by atoms with Crippen molar-refractivity contribution >= 4 is 28.8 Å². The van der Waals surface area contributed by atoms with Gasteiger partial charge in [0.25, 0.3) is 5.95 Å². The second-order valence-electron chi connectivity index (χ2n) is 7.02. The number of hydrogen-bond acceptors (Lipinski definition) is 8. The van der Waals surface area contributed by atoms with Crippen molar-refractivity contribution in [3.63, 3.8) is 0 Å². The summed E-state index contributed by atoms with van der Waals surface area (Å²) in [5.41, 5.74) is 14.3. The first-order valence-corrected chi connectivity index (χ1v) is 9.92. The normalized spacial score (nSPS) is 13.0. The van der Waals surface area contributed by atoms with Gasteiger partial charge in [-0.3, -0.25) is 4.79 Å². The first-order valence-electron chi connectivity index (χ1n) is 9.92. The van der Waals surface area contributed by atoms with Crippen molar-refractivity contribution in [3.05, 3.63) is 48.4 Å². The molecule has 1 aromatic carbocycles. The first-order chi connectivity index (χ1) is 15.0. The number of benzene rings is 1. The van der Waals surface area contributed by atoms with Crippen LogP contribution < -0.4 is 21.7 Å². The minimum Gasteiger partial charge on any atom is -0.397 e. The molecular formula is C21H25N9O. The maximum atomic E-state index is 11.1. The highest BCUT2D eigenvalue weighted by molar-refractivity contribution is 5.93. The molecule has 0 atom stereocenters. The zero-order chi connectivity index (χ0) is 22.2. The van der Waals surface area contributed by atoms with E-state index in [4.69, 9.17) is 16.7 Å². The lowest BCUT2D eigenvalue weighted by atomic mass is 10.1. The summed E-state index contributed by atoms with van der Waals surface area (Å²) in [5.74, 6) is 0.512. The van der Waals surface area contributed by atoms with E-state index in [0.29, 0.717) is 22.9 Å². The van der Waals surface area contributed by atoms with Crippen LogP contribution in [0.4, 0.5) is 22.9 Å². The van der Waals surface area contributed by atoms with E-state index in [-0.39, 0.29) is 11.7 Å². The second kappa shape index (κ2) is 10.1. The number of nitrogens with two attached hydrogens (primary N) is 2. The lowest BCUT2D eigenvalue weighted by Crippen LogP contribution is -2.29. The largest absolute Gasteiger partial charge is 0.397 e. The van der Waals surface area contributed by atoms with E-state index in [1.807, 2.05) is 24.3 Å². The van der Waals surface area contributed by atoms with Gasteiger partial charge < -0.3 is 21.7 Å². The predicted molar refractivity (Wildman–Crippen MR) is 120 cm³/mol.